The largest absolute Gasteiger partial charge is 0.296 e. The number of benzene rings is 2. The first-order valence-corrected chi connectivity index (χ1v) is 7.92. The molecule has 0 fully saturated rings. The molecule has 0 bridgehead atoms. The van der Waals surface area contributed by atoms with Gasteiger partial charge in [0, 0.05) is 28.5 Å². The van der Waals surface area contributed by atoms with Gasteiger partial charge < -0.3 is 0 Å². The second-order valence-corrected chi connectivity index (χ2v) is 6.10. The summed E-state index contributed by atoms with van der Waals surface area (Å²) >= 11 is 9.37. The van der Waals surface area contributed by atoms with Crippen LogP contribution in [-0.2, 0) is 6.42 Å². The minimum Gasteiger partial charge on any atom is -0.296 e. The van der Waals surface area contributed by atoms with Gasteiger partial charge in [-0.25, -0.2) is 9.37 Å². The second-order valence-electron chi connectivity index (χ2n) is 4.87. The Morgan fingerprint density at radius 3 is 2.76 bits per heavy atom. The molecule has 3 rings (SSSR count). The molecule has 2 aromatic carbocycles. The van der Waals surface area contributed by atoms with Crippen LogP contribution in [0.3, 0.4) is 0 Å². The van der Waals surface area contributed by atoms with Crippen LogP contribution in [0.1, 0.15) is 11.4 Å². The zero-order valence-electron chi connectivity index (χ0n) is 11.4. The molecule has 1 aromatic heterocycles. The zero-order chi connectivity index (χ0) is 15.0. The molecule has 21 heavy (non-hydrogen) atoms. The Bertz CT molecular complexity index is 813. The van der Waals surface area contributed by atoms with E-state index in [4.69, 9.17) is 11.6 Å². The van der Waals surface area contributed by atoms with Gasteiger partial charge in [-0.15, -0.1) is 11.6 Å². The molecule has 0 saturated heterocycles. The van der Waals surface area contributed by atoms with Gasteiger partial charge >= 0.3 is 0 Å². The van der Waals surface area contributed by atoms with E-state index in [9.17, 15) is 4.39 Å². The number of halogens is 3. The lowest BCUT2D eigenvalue weighted by Gasteiger charge is -2.10. The summed E-state index contributed by atoms with van der Waals surface area (Å²) in [6.45, 7) is 2.02. The molecule has 0 N–H and O–H groups in total. The number of alkyl halides is 1. The van der Waals surface area contributed by atoms with E-state index in [-0.39, 0.29) is 5.82 Å². The molecule has 108 valence electrons. The van der Waals surface area contributed by atoms with Crippen molar-refractivity contribution in [2.45, 2.75) is 13.3 Å². The van der Waals surface area contributed by atoms with Crippen LogP contribution in [0.5, 0.6) is 0 Å². The molecule has 0 atom stereocenters. The highest BCUT2D eigenvalue weighted by Crippen LogP contribution is 2.26. The summed E-state index contributed by atoms with van der Waals surface area (Å²) in [6.07, 6.45) is 0.632. The molecular weight excluding hydrogens is 355 g/mol. The van der Waals surface area contributed by atoms with E-state index in [1.54, 1.807) is 6.07 Å². The summed E-state index contributed by atoms with van der Waals surface area (Å²) in [5.41, 5.74) is 3.61. The number of rotatable bonds is 3. The Labute approximate surface area is 135 Å². The fraction of sp³-hybridized carbons (Fsp3) is 0.188. The maximum Gasteiger partial charge on any atom is 0.125 e. The van der Waals surface area contributed by atoms with Crippen LogP contribution in [0.2, 0.25) is 0 Å². The van der Waals surface area contributed by atoms with Crippen molar-refractivity contribution in [2.75, 3.05) is 5.88 Å². The fourth-order valence-corrected chi connectivity index (χ4v) is 2.82. The minimum atomic E-state index is -0.269. The van der Waals surface area contributed by atoms with Gasteiger partial charge in [0.15, 0.2) is 0 Å². The lowest BCUT2D eigenvalue weighted by molar-refractivity contribution is 0.629. The molecule has 0 unspecified atom stereocenters. The van der Waals surface area contributed by atoms with Crippen molar-refractivity contribution in [1.29, 1.82) is 0 Å². The van der Waals surface area contributed by atoms with Crippen LogP contribution in [-0.4, -0.2) is 15.4 Å². The quantitative estimate of drug-likeness (QED) is 0.595. The zero-order valence-corrected chi connectivity index (χ0v) is 13.7. The lowest BCUT2D eigenvalue weighted by Crippen LogP contribution is -2.02. The minimum absolute atomic E-state index is 0.269. The normalized spacial score (nSPS) is 11.2. The average Bonchev–Trinajstić information content (AvgIpc) is 2.80. The number of fused-ring (bicyclic) bond motifs is 1. The van der Waals surface area contributed by atoms with Crippen LogP contribution in [0.15, 0.2) is 40.9 Å². The highest BCUT2D eigenvalue weighted by atomic mass is 79.9. The third-order valence-corrected chi connectivity index (χ3v) is 4.48. The average molecular weight is 368 g/mol. The van der Waals surface area contributed by atoms with Crippen LogP contribution >= 0.6 is 27.5 Å². The Morgan fingerprint density at radius 1 is 1.24 bits per heavy atom. The second kappa shape index (κ2) is 5.78. The molecule has 0 spiro atoms. The van der Waals surface area contributed by atoms with Crippen molar-refractivity contribution in [2.24, 2.45) is 0 Å². The van der Waals surface area contributed by atoms with E-state index in [0.717, 1.165) is 32.6 Å². The van der Waals surface area contributed by atoms with E-state index in [2.05, 4.69) is 20.9 Å². The summed E-state index contributed by atoms with van der Waals surface area (Å²) < 4.78 is 16.6. The summed E-state index contributed by atoms with van der Waals surface area (Å²) in [5, 5.41) is 0. The Balaban J connectivity index is 2.29. The summed E-state index contributed by atoms with van der Waals surface area (Å²) in [5.74, 6) is 1.05. The Morgan fingerprint density at radius 2 is 2.05 bits per heavy atom. The Kier molecular flexibility index (Phi) is 4.00. The summed E-state index contributed by atoms with van der Waals surface area (Å²) in [4.78, 5) is 4.57. The SMILES string of the molecule is Cc1cc(-n2c(CCCl)nc3ccc(F)cc32)ccc1Br. The predicted molar refractivity (Wildman–Crippen MR) is 87.9 cm³/mol. The first-order chi connectivity index (χ1) is 10.1. The van der Waals surface area contributed by atoms with Gasteiger partial charge in [-0.1, -0.05) is 15.9 Å². The molecule has 1 heterocycles. The van der Waals surface area contributed by atoms with Crippen molar-refractivity contribution in [3.05, 3.63) is 58.1 Å². The summed E-state index contributed by atoms with van der Waals surface area (Å²) in [7, 11) is 0. The molecule has 0 saturated carbocycles. The molecule has 0 amide bonds. The van der Waals surface area contributed by atoms with Crippen LogP contribution in [0.25, 0.3) is 16.7 Å². The molecule has 0 aliphatic carbocycles. The smallest absolute Gasteiger partial charge is 0.125 e. The molecule has 0 aliphatic heterocycles. The first-order valence-electron chi connectivity index (χ1n) is 6.59. The topological polar surface area (TPSA) is 17.8 Å². The number of imidazole rings is 1. The van der Waals surface area contributed by atoms with Gasteiger partial charge in [-0.2, -0.15) is 0 Å². The Hall–Kier alpha value is -1.39. The predicted octanol–water partition coefficient (Wildman–Crippen LogP) is 5.02. The maximum atomic E-state index is 13.6. The number of aromatic nitrogens is 2. The third-order valence-electron chi connectivity index (χ3n) is 3.40. The number of hydrogen-bond acceptors (Lipinski definition) is 1. The number of aryl methyl sites for hydroxylation is 2. The summed E-state index contributed by atoms with van der Waals surface area (Å²) in [6, 6.07) is 10.7. The van der Waals surface area contributed by atoms with Gasteiger partial charge in [0.2, 0.25) is 0 Å². The van der Waals surface area contributed by atoms with Gasteiger partial charge in [0.05, 0.1) is 11.0 Å². The number of hydrogen-bond donors (Lipinski definition) is 0. The van der Waals surface area contributed by atoms with E-state index in [1.165, 1.54) is 12.1 Å². The number of nitrogens with zero attached hydrogens (tertiary/aromatic N) is 2. The molecular formula is C16H13BrClFN2. The van der Waals surface area contributed by atoms with Crippen molar-refractivity contribution in [3.8, 4) is 5.69 Å². The van der Waals surface area contributed by atoms with E-state index in [0.29, 0.717) is 12.3 Å². The maximum absolute atomic E-state index is 13.6. The van der Waals surface area contributed by atoms with Gasteiger partial charge in [-0.3, -0.25) is 4.57 Å². The molecule has 2 nitrogen and oxygen atoms in total. The van der Waals surface area contributed by atoms with Gasteiger partial charge in [0.1, 0.15) is 11.6 Å². The van der Waals surface area contributed by atoms with Crippen LogP contribution < -0.4 is 0 Å². The van der Waals surface area contributed by atoms with Crippen molar-refractivity contribution in [1.82, 2.24) is 9.55 Å². The highest BCUT2D eigenvalue weighted by molar-refractivity contribution is 9.10. The molecule has 0 radical (unpaired) electrons. The van der Waals surface area contributed by atoms with Gasteiger partial charge in [-0.05, 0) is 42.8 Å². The van der Waals surface area contributed by atoms with E-state index < -0.39 is 0 Å². The first kappa shape index (κ1) is 14.5. The van der Waals surface area contributed by atoms with Crippen molar-refractivity contribution < 1.29 is 4.39 Å². The van der Waals surface area contributed by atoms with E-state index in [1.807, 2.05) is 29.7 Å². The molecule has 5 heteroatoms. The van der Waals surface area contributed by atoms with Crippen molar-refractivity contribution in [3.63, 3.8) is 0 Å². The highest BCUT2D eigenvalue weighted by Gasteiger charge is 2.13. The molecule has 0 aliphatic rings. The third kappa shape index (κ3) is 2.70. The van der Waals surface area contributed by atoms with Crippen molar-refractivity contribution >= 4 is 38.6 Å². The lowest BCUT2D eigenvalue weighted by atomic mass is 10.2. The monoisotopic (exact) mass is 366 g/mol. The van der Waals surface area contributed by atoms with E-state index >= 15 is 0 Å². The van der Waals surface area contributed by atoms with Crippen LogP contribution in [0, 0.1) is 12.7 Å². The standard InChI is InChI=1S/C16H13BrClFN2/c1-10-8-12(3-4-13(10)17)21-15-9-11(19)2-5-14(15)20-16(21)6-7-18/h2-5,8-9H,6-7H2,1H3. The van der Waals surface area contributed by atoms with Crippen LogP contribution in [0.4, 0.5) is 4.39 Å². The fourth-order valence-electron chi connectivity index (χ4n) is 2.41. The van der Waals surface area contributed by atoms with Gasteiger partial charge in [0.25, 0.3) is 0 Å². The molecule has 3 aromatic rings.